The summed E-state index contributed by atoms with van der Waals surface area (Å²) >= 11 is 0. The number of imide groups is 2. The fourth-order valence-electron chi connectivity index (χ4n) is 4.91. The first kappa shape index (κ1) is 35.2. The molecular formula is C30H14F6N2O11S2. The highest BCUT2D eigenvalue weighted by molar-refractivity contribution is 7.87. The molecule has 21 heteroatoms. The van der Waals surface area contributed by atoms with Crippen molar-refractivity contribution in [1.29, 1.82) is 0 Å². The minimum Gasteiger partial charge on any atom is -0.457 e. The highest BCUT2D eigenvalue weighted by Gasteiger charge is 2.45. The zero-order chi connectivity index (χ0) is 37.3. The van der Waals surface area contributed by atoms with Gasteiger partial charge in [0.2, 0.25) is 0 Å². The SMILES string of the molecule is O=C1c2ccc(Oc3ccc4c(c3)C(=O)N(OS(=O)(=O)c3ccccc3C(F)(F)F)C4=O)cc2C(=O)N1OS(=O)(=O)c1ccccc1C(F)(F)F. The highest BCUT2D eigenvalue weighted by atomic mass is 32.2. The van der Waals surface area contributed by atoms with E-state index in [-0.39, 0.29) is 21.6 Å². The Kier molecular flexibility index (Phi) is 8.28. The second-order valence-electron chi connectivity index (χ2n) is 10.4. The molecule has 264 valence electrons. The largest absolute Gasteiger partial charge is 0.457 e. The molecule has 2 aliphatic rings. The van der Waals surface area contributed by atoms with Crippen molar-refractivity contribution in [2.75, 3.05) is 0 Å². The summed E-state index contributed by atoms with van der Waals surface area (Å²) in [5.74, 6) is -5.96. The number of hydroxylamine groups is 4. The Morgan fingerprint density at radius 1 is 0.471 bits per heavy atom. The monoisotopic (exact) mass is 756 g/mol. The second-order valence-corrected chi connectivity index (χ2v) is 13.4. The molecule has 0 spiro atoms. The van der Waals surface area contributed by atoms with E-state index in [0.717, 1.165) is 60.7 Å². The Morgan fingerprint density at radius 2 is 0.804 bits per heavy atom. The molecular weight excluding hydrogens is 742 g/mol. The molecule has 0 bridgehead atoms. The number of carbonyl (C=O) groups excluding carboxylic acids is 4. The molecule has 0 N–H and O–H groups in total. The van der Waals surface area contributed by atoms with Crippen LogP contribution in [0, 0.1) is 0 Å². The van der Waals surface area contributed by atoms with E-state index in [1.54, 1.807) is 0 Å². The maximum absolute atomic E-state index is 13.4. The Bertz CT molecular complexity index is 2250. The number of fused-ring (bicyclic) bond motifs is 2. The first-order chi connectivity index (χ1) is 23.7. The average molecular weight is 757 g/mol. The zero-order valence-electron chi connectivity index (χ0n) is 24.6. The Balaban J connectivity index is 1.21. The van der Waals surface area contributed by atoms with Gasteiger partial charge >= 0.3 is 32.6 Å². The molecule has 4 amide bonds. The summed E-state index contributed by atoms with van der Waals surface area (Å²) in [4.78, 5) is 48.9. The average Bonchev–Trinajstić information content (AvgIpc) is 3.43. The summed E-state index contributed by atoms with van der Waals surface area (Å²) in [6, 6.07) is 11.8. The van der Waals surface area contributed by atoms with Crippen LogP contribution >= 0.6 is 0 Å². The van der Waals surface area contributed by atoms with Gasteiger partial charge in [0.05, 0.1) is 33.4 Å². The third-order valence-corrected chi connectivity index (χ3v) is 9.63. The summed E-state index contributed by atoms with van der Waals surface area (Å²) in [7, 11) is -10.8. The minimum absolute atomic E-state index is 0.238. The van der Waals surface area contributed by atoms with E-state index in [0.29, 0.717) is 24.3 Å². The van der Waals surface area contributed by atoms with E-state index < -0.39 is 99.4 Å². The van der Waals surface area contributed by atoms with Gasteiger partial charge in [-0.25, -0.2) is 0 Å². The predicted octanol–water partition coefficient (Wildman–Crippen LogP) is 5.35. The number of hydrogen-bond acceptors (Lipinski definition) is 11. The summed E-state index contributed by atoms with van der Waals surface area (Å²) in [5, 5.41) is -0.515. The Labute approximate surface area is 281 Å². The number of rotatable bonds is 8. The molecule has 0 aliphatic carbocycles. The van der Waals surface area contributed by atoms with E-state index in [9.17, 15) is 62.4 Å². The van der Waals surface area contributed by atoms with Gasteiger partial charge in [-0.1, -0.05) is 24.3 Å². The van der Waals surface area contributed by atoms with Crippen LogP contribution in [0.15, 0.2) is 94.7 Å². The van der Waals surface area contributed by atoms with Crippen LogP contribution in [0.1, 0.15) is 52.6 Å². The van der Waals surface area contributed by atoms with Crippen LogP contribution in [-0.4, -0.2) is 50.6 Å². The summed E-state index contributed by atoms with van der Waals surface area (Å²) in [6.07, 6.45) is -10.3. The van der Waals surface area contributed by atoms with Crippen molar-refractivity contribution in [3.8, 4) is 11.5 Å². The fraction of sp³-hybridized carbons (Fsp3) is 0.0667. The number of ether oxygens (including phenoxy) is 1. The van der Waals surface area contributed by atoms with Gasteiger partial charge in [-0.3, -0.25) is 19.2 Å². The molecule has 2 heterocycles. The van der Waals surface area contributed by atoms with E-state index in [4.69, 9.17) is 4.74 Å². The van der Waals surface area contributed by atoms with Gasteiger partial charge in [-0.05, 0) is 60.7 Å². The van der Waals surface area contributed by atoms with Crippen LogP contribution in [0.5, 0.6) is 11.5 Å². The van der Waals surface area contributed by atoms with Crippen molar-refractivity contribution < 1.29 is 75.7 Å². The lowest BCUT2D eigenvalue weighted by molar-refractivity contribution is -0.140. The predicted molar refractivity (Wildman–Crippen MR) is 153 cm³/mol. The van der Waals surface area contributed by atoms with Gasteiger partial charge in [0, 0.05) is 0 Å². The molecule has 4 aromatic carbocycles. The maximum Gasteiger partial charge on any atom is 0.417 e. The van der Waals surface area contributed by atoms with Crippen LogP contribution in [0.2, 0.25) is 0 Å². The number of benzene rings is 4. The van der Waals surface area contributed by atoms with Gasteiger partial charge in [0.15, 0.2) is 0 Å². The summed E-state index contributed by atoms with van der Waals surface area (Å²) in [6.45, 7) is 0. The lowest BCUT2D eigenvalue weighted by Crippen LogP contribution is -2.33. The first-order valence-corrected chi connectivity index (χ1v) is 16.5. The first-order valence-electron chi connectivity index (χ1n) is 13.7. The molecule has 0 fully saturated rings. The van der Waals surface area contributed by atoms with Crippen molar-refractivity contribution in [3.05, 3.63) is 118 Å². The Morgan fingerprint density at radius 3 is 1.16 bits per heavy atom. The maximum atomic E-state index is 13.4. The summed E-state index contributed by atoms with van der Waals surface area (Å²) < 4.78 is 146. The molecule has 4 aromatic rings. The van der Waals surface area contributed by atoms with E-state index in [2.05, 4.69) is 8.57 Å². The van der Waals surface area contributed by atoms with Crippen LogP contribution < -0.4 is 4.74 Å². The fourth-order valence-corrected chi connectivity index (χ4v) is 7.13. The number of hydrogen-bond donors (Lipinski definition) is 0. The van der Waals surface area contributed by atoms with Crippen molar-refractivity contribution in [2.24, 2.45) is 0 Å². The van der Waals surface area contributed by atoms with Crippen molar-refractivity contribution in [2.45, 2.75) is 22.1 Å². The normalized spacial score (nSPS) is 15.0. The number of carbonyl (C=O) groups is 4. The molecule has 0 atom stereocenters. The molecule has 0 unspecified atom stereocenters. The number of halogens is 6. The van der Waals surface area contributed by atoms with Crippen LogP contribution in [0.25, 0.3) is 0 Å². The van der Waals surface area contributed by atoms with Gasteiger partial charge in [0.25, 0.3) is 23.6 Å². The van der Waals surface area contributed by atoms with Crippen molar-refractivity contribution in [3.63, 3.8) is 0 Å². The number of nitrogens with zero attached hydrogens (tertiary/aromatic N) is 2. The molecule has 0 saturated heterocycles. The minimum atomic E-state index is -5.38. The topological polar surface area (TPSA) is 171 Å². The zero-order valence-corrected chi connectivity index (χ0v) is 26.2. The van der Waals surface area contributed by atoms with Crippen molar-refractivity contribution in [1.82, 2.24) is 10.1 Å². The van der Waals surface area contributed by atoms with E-state index >= 15 is 0 Å². The molecule has 0 radical (unpaired) electrons. The molecule has 6 rings (SSSR count). The van der Waals surface area contributed by atoms with Crippen LogP contribution in [0.3, 0.4) is 0 Å². The van der Waals surface area contributed by atoms with E-state index in [1.165, 1.54) is 0 Å². The third-order valence-electron chi connectivity index (χ3n) is 7.15. The molecule has 0 aromatic heterocycles. The molecule has 13 nitrogen and oxygen atoms in total. The van der Waals surface area contributed by atoms with Gasteiger partial charge in [-0.15, -0.1) is 18.7 Å². The third kappa shape index (κ3) is 6.30. The van der Waals surface area contributed by atoms with Crippen LogP contribution in [-0.2, 0) is 41.2 Å². The highest BCUT2D eigenvalue weighted by Crippen LogP contribution is 2.38. The molecule has 2 aliphatic heterocycles. The van der Waals surface area contributed by atoms with Gasteiger partial charge < -0.3 is 4.74 Å². The van der Waals surface area contributed by atoms with E-state index in [1.807, 2.05) is 0 Å². The smallest absolute Gasteiger partial charge is 0.417 e. The van der Waals surface area contributed by atoms with Crippen LogP contribution in [0.4, 0.5) is 26.3 Å². The standard InChI is InChI=1S/C30H14F6N2O11S2/c31-29(32,33)21-5-1-3-7-23(21)50(43,44)48-37-25(39)17-11-9-15(13-19(17)27(37)41)47-16-10-12-18-20(14-16)28(42)38(26(18)40)49-51(45,46)24-8-4-2-6-22(24)30(34,35)36/h1-14H. The number of alkyl halides is 6. The Hall–Kier alpha value is -5.64. The molecule has 0 saturated carbocycles. The number of amides is 4. The quantitative estimate of drug-likeness (QED) is 0.168. The van der Waals surface area contributed by atoms with Gasteiger partial charge in [-0.2, -0.15) is 43.2 Å². The summed E-state index contributed by atoms with van der Waals surface area (Å²) in [5.41, 5.74) is -5.10. The lowest BCUT2D eigenvalue weighted by Gasteiger charge is -2.16. The molecule has 51 heavy (non-hydrogen) atoms. The van der Waals surface area contributed by atoms with Crippen molar-refractivity contribution >= 4 is 43.9 Å². The van der Waals surface area contributed by atoms with Gasteiger partial charge in [0.1, 0.15) is 21.3 Å². The second kappa shape index (κ2) is 12.0. The lowest BCUT2D eigenvalue weighted by atomic mass is 10.1.